The Morgan fingerprint density at radius 2 is 1.83 bits per heavy atom. The largest absolute Gasteiger partial charge is 0.362 e. The second kappa shape index (κ2) is 7.21. The Morgan fingerprint density at radius 1 is 1.04 bits per heavy atom. The molecule has 24 heavy (non-hydrogen) atoms. The number of nitrogens with zero attached hydrogens (tertiary/aromatic N) is 3. The van der Waals surface area contributed by atoms with Gasteiger partial charge in [-0.2, -0.15) is 4.98 Å². The van der Waals surface area contributed by atoms with Gasteiger partial charge in [-0.25, -0.2) is 8.78 Å². The van der Waals surface area contributed by atoms with E-state index in [0.29, 0.717) is 36.9 Å². The van der Waals surface area contributed by atoms with Crippen LogP contribution in [0.1, 0.15) is 24.2 Å². The van der Waals surface area contributed by atoms with Crippen LogP contribution in [0.2, 0.25) is 0 Å². The van der Waals surface area contributed by atoms with Crippen molar-refractivity contribution in [3.05, 3.63) is 77.4 Å². The van der Waals surface area contributed by atoms with E-state index in [-0.39, 0.29) is 0 Å². The lowest BCUT2D eigenvalue weighted by Gasteiger charge is -2.21. The molecule has 0 fully saturated rings. The molecule has 0 radical (unpaired) electrons. The molecule has 124 valence electrons. The van der Waals surface area contributed by atoms with Crippen molar-refractivity contribution in [1.82, 2.24) is 10.1 Å². The number of halogens is 2. The van der Waals surface area contributed by atoms with E-state index in [1.165, 1.54) is 12.1 Å². The summed E-state index contributed by atoms with van der Waals surface area (Å²) in [6, 6.07) is 13.7. The van der Waals surface area contributed by atoms with Crippen LogP contribution < -0.4 is 4.90 Å². The smallest absolute Gasteiger partial charge is 0.246 e. The molecule has 0 spiro atoms. The van der Waals surface area contributed by atoms with E-state index in [9.17, 15) is 8.78 Å². The summed E-state index contributed by atoms with van der Waals surface area (Å²) >= 11 is 0. The summed E-state index contributed by atoms with van der Waals surface area (Å²) in [5.41, 5.74) is 1.66. The molecule has 6 heteroatoms. The summed E-state index contributed by atoms with van der Waals surface area (Å²) in [6.07, 6.45) is 0.585. The highest BCUT2D eigenvalue weighted by Gasteiger charge is 2.13. The molecule has 2 aromatic carbocycles. The van der Waals surface area contributed by atoms with Gasteiger partial charge in [-0.15, -0.1) is 0 Å². The van der Waals surface area contributed by atoms with Crippen molar-refractivity contribution in [2.24, 2.45) is 0 Å². The molecule has 3 aromatic rings. The van der Waals surface area contributed by atoms with Crippen LogP contribution in [0.15, 0.2) is 53.1 Å². The van der Waals surface area contributed by atoms with Gasteiger partial charge in [0.05, 0.1) is 6.54 Å². The molecule has 3 rings (SSSR count). The zero-order chi connectivity index (χ0) is 16.9. The van der Waals surface area contributed by atoms with Crippen molar-refractivity contribution in [2.45, 2.75) is 19.9 Å². The molecular weight excluding hydrogens is 312 g/mol. The molecule has 4 nitrogen and oxygen atoms in total. The average Bonchev–Trinajstić information content (AvgIpc) is 3.03. The van der Waals surface area contributed by atoms with Crippen LogP contribution in [-0.4, -0.2) is 16.7 Å². The molecule has 0 aliphatic heterocycles. The fourth-order valence-electron chi connectivity index (χ4n) is 2.44. The first-order valence-electron chi connectivity index (χ1n) is 7.71. The van der Waals surface area contributed by atoms with E-state index >= 15 is 0 Å². The lowest BCUT2D eigenvalue weighted by Crippen LogP contribution is -2.22. The van der Waals surface area contributed by atoms with Crippen molar-refractivity contribution >= 4 is 5.69 Å². The first-order valence-corrected chi connectivity index (χ1v) is 7.71. The van der Waals surface area contributed by atoms with E-state index in [1.54, 1.807) is 0 Å². The topological polar surface area (TPSA) is 42.2 Å². The summed E-state index contributed by atoms with van der Waals surface area (Å²) in [4.78, 5) is 6.21. The minimum atomic E-state index is -0.874. The third-order valence-corrected chi connectivity index (χ3v) is 3.69. The molecule has 0 unspecified atom stereocenters. The predicted octanol–water partition coefficient (Wildman–Crippen LogP) is 3.97. The van der Waals surface area contributed by atoms with Crippen LogP contribution >= 0.6 is 0 Å². The normalized spacial score (nSPS) is 10.8. The van der Waals surface area contributed by atoms with Gasteiger partial charge in [0.2, 0.25) is 5.89 Å². The van der Waals surface area contributed by atoms with E-state index in [1.807, 2.05) is 42.2 Å². The standard InChI is InChI=1S/C18H17F2N3O/c1-2-23(14-8-9-15(19)16(20)11-14)12-18-21-17(22-24-18)10-13-6-4-3-5-7-13/h3-9,11H,2,10,12H2,1H3. The van der Waals surface area contributed by atoms with Crippen molar-refractivity contribution in [3.8, 4) is 0 Å². The van der Waals surface area contributed by atoms with Gasteiger partial charge < -0.3 is 9.42 Å². The monoisotopic (exact) mass is 329 g/mol. The SMILES string of the molecule is CCN(Cc1nc(Cc2ccccc2)no1)c1ccc(F)c(F)c1. The zero-order valence-electron chi connectivity index (χ0n) is 13.2. The fourth-order valence-corrected chi connectivity index (χ4v) is 2.44. The minimum absolute atomic E-state index is 0.337. The zero-order valence-corrected chi connectivity index (χ0v) is 13.2. The third kappa shape index (κ3) is 3.76. The van der Waals surface area contributed by atoms with Gasteiger partial charge >= 0.3 is 0 Å². The van der Waals surface area contributed by atoms with Gasteiger partial charge in [0, 0.05) is 24.7 Å². The molecule has 1 heterocycles. The average molecular weight is 329 g/mol. The molecule has 0 amide bonds. The summed E-state index contributed by atoms with van der Waals surface area (Å²) in [5, 5.41) is 3.98. The van der Waals surface area contributed by atoms with Crippen LogP contribution in [0.4, 0.5) is 14.5 Å². The molecule has 0 aliphatic carbocycles. The molecule has 0 saturated heterocycles. The molecule has 0 N–H and O–H groups in total. The summed E-state index contributed by atoms with van der Waals surface area (Å²) in [6.45, 7) is 2.85. The number of rotatable bonds is 6. The third-order valence-electron chi connectivity index (χ3n) is 3.69. The van der Waals surface area contributed by atoms with E-state index in [0.717, 1.165) is 11.6 Å². The number of hydrogen-bond acceptors (Lipinski definition) is 4. The summed E-state index contributed by atoms with van der Waals surface area (Å²) in [5.74, 6) is -0.705. The van der Waals surface area contributed by atoms with Crippen LogP contribution in [0.3, 0.4) is 0 Å². The highest BCUT2D eigenvalue weighted by atomic mass is 19.2. The van der Waals surface area contributed by atoms with Crippen molar-refractivity contribution in [2.75, 3.05) is 11.4 Å². The Kier molecular flexibility index (Phi) is 4.84. The maximum Gasteiger partial charge on any atom is 0.246 e. The van der Waals surface area contributed by atoms with Crippen molar-refractivity contribution < 1.29 is 13.3 Å². The Labute approximate surface area is 138 Å². The fraction of sp³-hybridized carbons (Fsp3) is 0.222. The molecule has 0 aliphatic rings. The molecule has 0 saturated carbocycles. The Hall–Kier alpha value is -2.76. The Morgan fingerprint density at radius 3 is 2.54 bits per heavy atom. The first-order chi connectivity index (χ1) is 11.7. The van der Waals surface area contributed by atoms with Crippen LogP contribution in [0.5, 0.6) is 0 Å². The van der Waals surface area contributed by atoms with Crippen LogP contribution in [-0.2, 0) is 13.0 Å². The second-order valence-corrected chi connectivity index (χ2v) is 5.38. The number of anilines is 1. The Balaban J connectivity index is 1.71. The lowest BCUT2D eigenvalue weighted by atomic mass is 10.1. The molecular formula is C18H17F2N3O. The maximum atomic E-state index is 13.4. The van der Waals surface area contributed by atoms with Crippen molar-refractivity contribution in [1.29, 1.82) is 0 Å². The summed E-state index contributed by atoms with van der Waals surface area (Å²) < 4.78 is 31.8. The van der Waals surface area contributed by atoms with Gasteiger partial charge in [-0.05, 0) is 24.6 Å². The highest BCUT2D eigenvalue weighted by Crippen LogP contribution is 2.20. The number of benzene rings is 2. The molecule has 0 bridgehead atoms. The maximum absolute atomic E-state index is 13.4. The minimum Gasteiger partial charge on any atom is -0.362 e. The second-order valence-electron chi connectivity index (χ2n) is 5.38. The predicted molar refractivity (Wildman–Crippen MR) is 86.6 cm³/mol. The Bertz CT molecular complexity index is 805. The van der Waals surface area contributed by atoms with Gasteiger partial charge in [0.15, 0.2) is 17.5 Å². The van der Waals surface area contributed by atoms with E-state index < -0.39 is 11.6 Å². The molecule has 1 aromatic heterocycles. The highest BCUT2D eigenvalue weighted by molar-refractivity contribution is 5.46. The first kappa shape index (κ1) is 16.1. The number of hydrogen-bond donors (Lipinski definition) is 0. The van der Waals surface area contributed by atoms with Crippen molar-refractivity contribution in [3.63, 3.8) is 0 Å². The number of aromatic nitrogens is 2. The van der Waals surface area contributed by atoms with Crippen LogP contribution in [0, 0.1) is 11.6 Å². The van der Waals surface area contributed by atoms with Crippen LogP contribution in [0.25, 0.3) is 0 Å². The van der Waals surface area contributed by atoms with Gasteiger partial charge in [-0.1, -0.05) is 35.5 Å². The van der Waals surface area contributed by atoms with Gasteiger partial charge in [-0.3, -0.25) is 0 Å². The lowest BCUT2D eigenvalue weighted by molar-refractivity contribution is 0.372. The van der Waals surface area contributed by atoms with Gasteiger partial charge in [0.1, 0.15) is 0 Å². The molecule has 0 atom stereocenters. The van der Waals surface area contributed by atoms with E-state index in [2.05, 4.69) is 10.1 Å². The quantitative estimate of drug-likeness (QED) is 0.686. The van der Waals surface area contributed by atoms with E-state index in [4.69, 9.17) is 4.52 Å². The summed E-state index contributed by atoms with van der Waals surface area (Å²) in [7, 11) is 0. The van der Waals surface area contributed by atoms with Gasteiger partial charge in [0.25, 0.3) is 0 Å².